The summed E-state index contributed by atoms with van der Waals surface area (Å²) in [6.45, 7) is 3.15. The van der Waals surface area contributed by atoms with Crippen LogP contribution in [0.15, 0.2) is 48.5 Å². The molecular weight excluding hydrogens is 326 g/mol. The fourth-order valence-electron chi connectivity index (χ4n) is 4.34. The van der Waals surface area contributed by atoms with Gasteiger partial charge in [0.1, 0.15) is 6.61 Å². The van der Waals surface area contributed by atoms with E-state index in [0.717, 1.165) is 12.8 Å². The molecule has 1 fully saturated rings. The molecule has 1 N–H and O–H groups in total. The number of aliphatic hydroxyl groups is 1. The monoisotopic (exact) mass is 351 g/mol. The average Bonchev–Trinajstić information content (AvgIpc) is 3.00. The Hall–Kier alpha value is -2.33. The van der Waals surface area contributed by atoms with Crippen molar-refractivity contribution in [3.05, 3.63) is 59.7 Å². The number of likely N-dealkylation sites (tertiary alicyclic amines) is 1. The van der Waals surface area contributed by atoms with E-state index in [2.05, 4.69) is 31.2 Å². The average molecular weight is 351 g/mol. The van der Waals surface area contributed by atoms with Crippen molar-refractivity contribution in [1.29, 1.82) is 0 Å². The molecule has 0 unspecified atom stereocenters. The Morgan fingerprint density at radius 3 is 2.35 bits per heavy atom. The first kappa shape index (κ1) is 17.1. The standard InChI is InChI=1S/C22H25NO3/c1-15-10-11-23(16(12-15)13-24)22(25)26-14-21-19-8-4-2-6-17(19)18-7-3-5-9-20(18)21/h2-9,15-16,21,24H,10-14H2,1H3/t15-,16+/m1/s1. The van der Waals surface area contributed by atoms with Crippen LogP contribution in [0.5, 0.6) is 0 Å². The quantitative estimate of drug-likeness (QED) is 0.908. The molecule has 1 aliphatic carbocycles. The van der Waals surface area contributed by atoms with Crippen LogP contribution >= 0.6 is 0 Å². The van der Waals surface area contributed by atoms with E-state index < -0.39 is 0 Å². The Morgan fingerprint density at radius 1 is 1.12 bits per heavy atom. The number of hydrogen-bond donors (Lipinski definition) is 1. The number of carbonyl (C=O) groups is 1. The van der Waals surface area contributed by atoms with Crippen LogP contribution in [0.25, 0.3) is 11.1 Å². The lowest BCUT2D eigenvalue weighted by Gasteiger charge is -2.36. The van der Waals surface area contributed by atoms with Gasteiger partial charge in [-0.3, -0.25) is 0 Å². The maximum absolute atomic E-state index is 12.6. The molecule has 2 aromatic carbocycles. The highest BCUT2D eigenvalue weighted by molar-refractivity contribution is 5.79. The van der Waals surface area contributed by atoms with Crippen LogP contribution in [-0.2, 0) is 4.74 Å². The highest BCUT2D eigenvalue weighted by atomic mass is 16.6. The minimum Gasteiger partial charge on any atom is -0.448 e. The number of amides is 1. The van der Waals surface area contributed by atoms with Gasteiger partial charge in [0.15, 0.2) is 0 Å². The molecule has 26 heavy (non-hydrogen) atoms. The number of rotatable bonds is 3. The molecule has 0 radical (unpaired) electrons. The lowest BCUT2D eigenvalue weighted by molar-refractivity contribution is 0.0419. The second-order valence-electron chi connectivity index (χ2n) is 7.46. The molecule has 4 heteroatoms. The summed E-state index contributed by atoms with van der Waals surface area (Å²) in [4.78, 5) is 14.3. The van der Waals surface area contributed by atoms with Crippen LogP contribution in [0.2, 0.25) is 0 Å². The Morgan fingerprint density at radius 2 is 1.73 bits per heavy atom. The molecule has 0 spiro atoms. The Bertz CT molecular complexity index is 758. The molecule has 1 amide bonds. The molecule has 4 nitrogen and oxygen atoms in total. The lowest BCUT2D eigenvalue weighted by atomic mass is 9.93. The number of hydrogen-bond acceptors (Lipinski definition) is 3. The van der Waals surface area contributed by atoms with Gasteiger partial charge in [-0.25, -0.2) is 4.79 Å². The number of nitrogens with zero attached hydrogens (tertiary/aromatic N) is 1. The number of ether oxygens (including phenoxy) is 1. The van der Waals surface area contributed by atoms with Gasteiger partial charge >= 0.3 is 6.09 Å². The summed E-state index contributed by atoms with van der Waals surface area (Å²) in [5.74, 6) is 0.604. The van der Waals surface area contributed by atoms with Gasteiger partial charge in [0.25, 0.3) is 0 Å². The van der Waals surface area contributed by atoms with E-state index in [9.17, 15) is 9.90 Å². The molecule has 1 saturated heterocycles. The van der Waals surface area contributed by atoms with Crippen molar-refractivity contribution in [1.82, 2.24) is 4.90 Å². The van der Waals surface area contributed by atoms with Crippen molar-refractivity contribution >= 4 is 6.09 Å². The summed E-state index contributed by atoms with van der Waals surface area (Å²) < 4.78 is 5.72. The summed E-state index contributed by atoms with van der Waals surface area (Å²) in [5, 5.41) is 9.62. The van der Waals surface area contributed by atoms with Crippen molar-refractivity contribution in [3.8, 4) is 11.1 Å². The second-order valence-corrected chi connectivity index (χ2v) is 7.46. The largest absolute Gasteiger partial charge is 0.448 e. The smallest absolute Gasteiger partial charge is 0.410 e. The van der Waals surface area contributed by atoms with E-state index in [1.165, 1.54) is 22.3 Å². The predicted octanol–water partition coefficient (Wildman–Crippen LogP) is 4.03. The van der Waals surface area contributed by atoms with Crippen molar-refractivity contribution in [3.63, 3.8) is 0 Å². The number of carbonyl (C=O) groups excluding carboxylic acids is 1. The molecule has 0 bridgehead atoms. The lowest BCUT2D eigenvalue weighted by Crippen LogP contribution is -2.48. The van der Waals surface area contributed by atoms with Crippen LogP contribution in [-0.4, -0.2) is 41.9 Å². The zero-order valence-corrected chi connectivity index (χ0v) is 15.1. The number of benzene rings is 2. The van der Waals surface area contributed by atoms with E-state index in [1.807, 2.05) is 24.3 Å². The molecule has 136 valence electrons. The maximum atomic E-state index is 12.6. The van der Waals surface area contributed by atoms with Crippen LogP contribution in [0.1, 0.15) is 36.8 Å². The van der Waals surface area contributed by atoms with Gasteiger partial charge in [-0.1, -0.05) is 55.5 Å². The first-order valence-electron chi connectivity index (χ1n) is 9.41. The molecule has 0 aromatic heterocycles. The fraction of sp³-hybridized carbons (Fsp3) is 0.409. The van der Waals surface area contributed by atoms with Crippen molar-refractivity contribution in [2.45, 2.75) is 31.7 Å². The van der Waals surface area contributed by atoms with Gasteiger partial charge < -0.3 is 14.7 Å². The normalized spacial score (nSPS) is 22.0. The van der Waals surface area contributed by atoms with E-state index >= 15 is 0 Å². The van der Waals surface area contributed by atoms with Crippen molar-refractivity contribution < 1.29 is 14.6 Å². The first-order valence-corrected chi connectivity index (χ1v) is 9.41. The summed E-state index contributed by atoms with van der Waals surface area (Å²) in [7, 11) is 0. The molecule has 1 aliphatic heterocycles. The molecule has 1 heterocycles. The summed E-state index contributed by atoms with van der Waals surface area (Å²) >= 11 is 0. The zero-order chi connectivity index (χ0) is 18.1. The Labute approximate surface area is 154 Å². The topological polar surface area (TPSA) is 49.8 Å². The fourth-order valence-corrected chi connectivity index (χ4v) is 4.34. The molecule has 4 rings (SSSR count). The molecular formula is C22H25NO3. The van der Waals surface area contributed by atoms with Crippen LogP contribution < -0.4 is 0 Å². The minimum absolute atomic E-state index is 0.00542. The highest BCUT2D eigenvalue weighted by Gasteiger charge is 2.33. The van der Waals surface area contributed by atoms with Gasteiger partial charge in [0, 0.05) is 12.5 Å². The number of piperidine rings is 1. The summed E-state index contributed by atoms with van der Waals surface area (Å²) in [6.07, 6.45) is 1.49. The van der Waals surface area contributed by atoms with Gasteiger partial charge in [-0.2, -0.15) is 0 Å². The number of fused-ring (bicyclic) bond motifs is 3. The van der Waals surface area contributed by atoms with Crippen LogP contribution in [0.4, 0.5) is 4.79 Å². The molecule has 0 saturated carbocycles. The van der Waals surface area contributed by atoms with E-state index in [1.54, 1.807) is 4.90 Å². The second kappa shape index (κ2) is 7.12. The van der Waals surface area contributed by atoms with Gasteiger partial charge in [0.05, 0.1) is 12.6 Å². The first-order chi connectivity index (χ1) is 12.7. The molecule has 2 atom stereocenters. The third-order valence-electron chi connectivity index (χ3n) is 5.76. The highest BCUT2D eigenvalue weighted by Crippen LogP contribution is 2.44. The Kier molecular flexibility index (Phi) is 4.68. The summed E-state index contributed by atoms with van der Waals surface area (Å²) in [6, 6.07) is 16.5. The molecule has 2 aliphatic rings. The maximum Gasteiger partial charge on any atom is 0.410 e. The van der Waals surface area contributed by atoms with E-state index in [4.69, 9.17) is 4.74 Å². The van der Waals surface area contributed by atoms with E-state index in [0.29, 0.717) is 19.1 Å². The third kappa shape index (κ3) is 2.99. The van der Waals surface area contributed by atoms with Gasteiger partial charge in [0.2, 0.25) is 0 Å². The minimum atomic E-state index is -0.308. The van der Waals surface area contributed by atoms with E-state index in [-0.39, 0.29) is 24.7 Å². The van der Waals surface area contributed by atoms with Crippen LogP contribution in [0, 0.1) is 5.92 Å². The van der Waals surface area contributed by atoms with Crippen molar-refractivity contribution in [2.24, 2.45) is 5.92 Å². The SMILES string of the molecule is C[C@@H]1CCN(C(=O)OCC2c3ccccc3-c3ccccc32)[C@H](CO)C1. The van der Waals surface area contributed by atoms with Gasteiger partial charge in [-0.15, -0.1) is 0 Å². The third-order valence-corrected chi connectivity index (χ3v) is 5.76. The Balaban J connectivity index is 1.50. The summed E-state index contributed by atoms with van der Waals surface area (Å²) in [5.41, 5.74) is 4.88. The van der Waals surface area contributed by atoms with Crippen molar-refractivity contribution in [2.75, 3.05) is 19.8 Å². The molecule has 2 aromatic rings. The van der Waals surface area contributed by atoms with Crippen LogP contribution in [0.3, 0.4) is 0 Å². The zero-order valence-electron chi connectivity index (χ0n) is 15.1. The van der Waals surface area contributed by atoms with Gasteiger partial charge in [-0.05, 0) is 41.0 Å². The predicted molar refractivity (Wildman–Crippen MR) is 101 cm³/mol. The number of aliphatic hydroxyl groups excluding tert-OH is 1.